The van der Waals surface area contributed by atoms with Crippen LogP contribution in [0.15, 0.2) is 41.7 Å². The highest BCUT2D eigenvalue weighted by Gasteiger charge is 2.26. The molecule has 0 bridgehead atoms. The topological polar surface area (TPSA) is 74.6 Å². The highest BCUT2D eigenvalue weighted by atomic mass is 127. The normalized spacial score (nSPS) is 16.4. The number of carbonyl (C=O) groups excluding carboxylic acids is 1. The summed E-state index contributed by atoms with van der Waals surface area (Å²) in [5, 5.41) is 10.5. The zero-order valence-electron chi connectivity index (χ0n) is 17.4. The number of benzene rings is 1. The number of halogens is 1. The maximum absolute atomic E-state index is 12.0. The summed E-state index contributed by atoms with van der Waals surface area (Å²) in [7, 11) is 1.95. The number of likely N-dealkylation sites (tertiary alicyclic amines) is 1. The zero-order chi connectivity index (χ0) is 19.9. The van der Waals surface area contributed by atoms with Crippen molar-refractivity contribution in [3.63, 3.8) is 0 Å². The van der Waals surface area contributed by atoms with Crippen molar-refractivity contribution in [3.05, 3.63) is 53.3 Å². The van der Waals surface area contributed by atoms with Crippen molar-refractivity contribution in [3.8, 4) is 0 Å². The van der Waals surface area contributed by atoms with Crippen molar-refractivity contribution < 1.29 is 4.79 Å². The summed E-state index contributed by atoms with van der Waals surface area (Å²) in [4.78, 5) is 19.2. The summed E-state index contributed by atoms with van der Waals surface area (Å²) >= 11 is 0. The van der Waals surface area contributed by atoms with E-state index in [4.69, 9.17) is 4.99 Å². The van der Waals surface area contributed by atoms with Gasteiger partial charge in [0.1, 0.15) is 0 Å². The van der Waals surface area contributed by atoms with Crippen molar-refractivity contribution in [2.45, 2.75) is 32.7 Å². The smallest absolute Gasteiger partial charge is 0.251 e. The minimum atomic E-state index is -0.0425. The second-order valence-corrected chi connectivity index (χ2v) is 7.11. The number of aryl methyl sites for hydroxylation is 1. The molecule has 2 aromatic rings. The van der Waals surface area contributed by atoms with Crippen LogP contribution in [0.25, 0.3) is 0 Å². The van der Waals surface area contributed by atoms with Crippen molar-refractivity contribution in [2.24, 2.45) is 12.0 Å². The number of aliphatic imine (C=N–C) groups is 1. The monoisotopic (exact) mass is 510 g/mol. The zero-order valence-corrected chi connectivity index (χ0v) is 19.7. The Balaban J connectivity index is 0.00000300. The van der Waals surface area contributed by atoms with E-state index in [-0.39, 0.29) is 29.9 Å². The number of nitrogens with one attached hydrogen (secondary N) is 2. The number of rotatable bonds is 6. The Morgan fingerprint density at radius 1 is 1.28 bits per heavy atom. The van der Waals surface area contributed by atoms with Crippen LogP contribution in [-0.4, -0.2) is 52.7 Å². The summed E-state index contributed by atoms with van der Waals surface area (Å²) in [6, 6.07) is 7.68. The molecular formula is C21H31IN6O. The Hall–Kier alpha value is -2.10. The molecule has 0 radical (unpaired) electrons. The minimum Gasteiger partial charge on any atom is -0.357 e. The first kappa shape index (κ1) is 23.2. The number of amides is 1. The molecule has 3 rings (SSSR count). The number of carbonyl (C=O) groups is 1. The summed E-state index contributed by atoms with van der Waals surface area (Å²) in [6.07, 6.45) is 5.17. The van der Waals surface area contributed by atoms with E-state index in [1.807, 2.05) is 49.1 Å². The van der Waals surface area contributed by atoms with Gasteiger partial charge < -0.3 is 15.5 Å². The van der Waals surface area contributed by atoms with E-state index >= 15 is 0 Å². The summed E-state index contributed by atoms with van der Waals surface area (Å²) in [5.74, 6) is 1.37. The van der Waals surface area contributed by atoms with Gasteiger partial charge in [0, 0.05) is 50.9 Å². The second-order valence-electron chi connectivity index (χ2n) is 7.11. The summed E-state index contributed by atoms with van der Waals surface area (Å²) in [5.41, 5.74) is 3.00. The molecule has 29 heavy (non-hydrogen) atoms. The molecule has 1 aromatic carbocycles. The molecular weight excluding hydrogens is 479 g/mol. The van der Waals surface area contributed by atoms with Gasteiger partial charge in [-0.3, -0.25) is 9.48 Å². The van der Waals surface area contributed by atoms with Crippen LogP contribution in [0.3, 0.4) is 0 Å². The Morgan fingerprint density at radius 3 is 2.76 bits per heavy atom. The van der Waals surface area contributed by atoms with Crippen LogP contribution in [0.2, 0.25) is 0 Å². The lowest BCUT2D eigenvalue weighted by molar-refractivity contribution is 0.0955. The molecule has 0 spiro atoms. The highest BCUT2D eigenvalue weighted by molar-refractivity contribution is 14.0. The SMILES string of the molecule is CCNC(=O)c1cccc(CN=C(NCC)N2CCC(c3cnn(C)c3)C2)c1.I. The number of hydrogen-bond acceptors (Lipinski definition) is 3. The number of hydrogen-bond donors (Lipinski definition) is 2. The molecule has 1 aromatic heterocycles. The van der Waals surface area contributed by atoms with Gasteiger partial charge in [-0.1, -0.05) is 12.1 Å². The van der Waals surface area contributed by atoms with Crippen molar-refractivity contribution in [1.82, 2.24) is 25.3 Å². The van der Waals surface area contributed by atoms with Gasteiger partial charge in [-0.25, -0.2) is 4.99 Å². The van der Waals surface area contributed by atoms with Crippen LogP contribution < -0.4 is 10.6 Å². The van der Waals surface area contributed by atoms with Crippen LogP contribution in [0.1, 0.15) is 47.7 Å². The van der Waals surface area contributed by atoms with E-state index in [1.165, 1.54) is 5.56 Å². The molecule has 2 heterocycles. The van der Waals surface area contributed by atoms with Crippen LogP contribution in [0.4, 0.5) is 0 Å². The fourth-order valence-corrected chi connectivity index (χ4v) is 3.54. The molecule has 1 saturated heterocycles. The van der Waals surface area contributed by atoms with Gasteiger partial charge in [-0.15, -0.1) is 24.0 Å². The Bertz CT molecular complexity index is 834. The van der Waals surface area contributed by atoms with E-state index < -0.39 is 0 Å². The molecule has 158 valence electrons. The summed E-state index contributed by atoms with van der Waals surface area (Å²) in [6.45, 7) is 7.92. The van der Waals surface area contributed by atoms with E-state index in [0.29, 0.717) is 24.6 Å². The Morgan fingerprint density at radius 2 is 2.07 bits per heavy atom. The van der Waals surface area contributed by atoms with Gasteiger partial charge in [0.25, 0.3) is 5.91 Å². The summed E-state index contributed by atoms with van der Waals surface area (Å²) < 4.78 is 1.86. The Kier molecular flexibility index (Phi) is 8.94. The molecule has 1 aliphatic rings. The minimum absolute atomic E-state index is 0. The van der Waals surface area contributed by atoms with Crippen LogP contribution in [0, 0.1) is 0 Å². The van der Waals surface area contributed by atoms with E-state index in [1.54, 1.807) is 0 Å². The highest BCUT2D eigenvalue weighted by Crippen LogP contribution is 2.26. The number of guanidine groups is 1. The molecule has 0 saturated carbocycles. The van der Waals surface area contributed by atoms with Gasteiger partial charge >= 0.3 is 0 Å². The van der Waals surface area contributed by atoms with Crippen LogP contribution >= 0.6 is 24.0 Å². The molecule has 1 unspecified atom stereocenters. The molecule has 7 nitrogen and oxygen atoms in total. The standard InChI is InChI=1S/C21H30N6O.HI/c1-4-22-20(28)17-8-6-7-16(11-17)12-24-21(23-5-2)27-10-9-18(15-27)19-13-25-26(3)14-19;/h6-8,11,13-14,18H,4-5,9-10,12,15H2,1-3H3,(H,22,28)(H,23,24);1H. The molecule has 1 atom stereocenters. The van der Waals surface area contributed by atoms with Crippen molar-refractivity contribution in [2.75, 3.05) is 26.2 Å². The molecule has 2 N–H and O–H groups in total. The van der Waals surface area contributed by atoms with Crippen LogP contribution in [-0.2, 0) is 13.6 Å². The maximum Gasteiger partial charge on any atom is 0.251 e. The van der Waals surface area contributed by atoms with Crippen LogP contribution in [0.5, 0.6) is 0 Å². The lowest BCUT2D eigenvalue weighted by atomic mass is 10.0. The predicted octanol–water partition coefficient (Wildman–Crippen LogP) is 2.74. The lowest BCUT2D eigenvalue weighted by Crippen LogP contribution is -2.40. The fourth-order valence-electron chi connectivity index (χ4n) is 3.54. The van der Waals surface area contributed by atoms with Gasteiger partial charge in [-0.05, 0) is 43.5 Å². The second kappa shape index (κ2) is 11.2. The molecule has 1 aliphatic heterocycles. The average molecular weight is 510 g/mol. The number of aromatic nitrogens is 2. The third-order valence-corrected chi connectivity index (χ3v) is 4.96. The van der Waals surface area contributed by atoms with E-state index in [9.17, 15) is 4.79 Å². The first-order valence-corrected chi connectivity index (χ1v) is 9.99. The molecule has 0 aliphatic carbocycles. The van der Waals surface area contributed by atoms with Gasteiger partial charge in [-0.2, -0.15) is 5.10 Å². The first-order chi connectivity index (χ1) is 13.6. The lowest BCUT2D eigenvalue weighted by Gasteiger charge is -2.21. The van der Waals surface area contributed by atoms with Gasteiger partial charge in [0.05, 0.1) is 12.7 Å². The third-order valence-electron chi connectivity index (χ3n) is 4.96. The van der Waals surface area contributed by atoms with E-state index in [0.717, 1.165) is 37.6 Å². The predicted molar refractivity (Wildman–Crippen MR) is 127 cm³/mol. The van der Waals surface area contributed by atoms with Gasteiger partial charge in [0.2, 0.25) is 0 Å². The van der Waals surface area contributed by atoms with Gasteiger partial charge in [0.15, 0.2) is 5.96 Å². The quantitative estimate of drug-likeness (QED) is 0.356. The van der Waals surface area contributed by atoms with Crippen molar-refractivity contribution in [1.29, 1.82) is 0 Å². The Labute approximate surface area is 190 Å². The fraction of sp³-hybridized carbons (Fsp3) is 0.476. The molecule has 8 heteroatoms. The van der Waals surface area contributed by atoms with E-state index in [2.05, 4.69) is 33.8 Å². The molecule has 1 fully saturated rings. The maximum atomic E-state index is 12.0. The largest absolute Gasteiger partial charge is 0.357 e. The third kappa shape index (κ3) is 6.19. The van der Waals surface area contributed by atoms with Crippen molar-refractivity contribution >= 4 is 35.8 Å². The first-order valence-electron chi connectivity index (χ1n) is 9.99. The number of nitrogens with zero attached hydrogens (tertiary/aromatic N) is 4. The molecule has 1 amide bonds. The average Bonchev–Trinajstić information content (AvgIpc) is 3.34.